The van der Waals surface area contributed by atoms with Gasteiger partial charge in [-0.2, -0.15) is 0 Å². The van der Waals surface area contributed by atoms with Gasteiger partial charge in [0.1, 0.15) is 11.7 Å². The summed E-state index contributed by atoms with van der Waals surface area (Å²) in [7, 11) is 3.02. The van der Waals surface area contributed by atoms with Crippen molar-refractivity contribution in [1.82, 2.24) is 9.80 Å². The Morgan fingerprint density at radius 3 is 1.96 bits per heavy atom. The summed E-state index contributed by atoms with van der Waals surface area (Å²) in [6.45, 7) is 3.34. The number of alkyl halides is 6. The van der Waals surface area contributed by atoms with Crippen LogP contribution < -0.4 is 0 Å². The van der Waals surface area contributed by atoms with Gasteiger partial charge in [-0.25, -0.2) is 0 Å². The van der Waals surface area contributed by atoms with Crippen molar-refractivity contribution >= 4 is 81.4 Å². The second-order valence-corrected chi connectivity index (χ2v) is 10.6. The van der Waals surface area contributed by atoms with E-state index in [0.29, 0.717) is 0 Å². The van der Waals surface area contributed by atoms with E-state index < -0.39 is 25.5 Å². The number of nitrogens with zero attached hydrogens (tertiary/aromatic N) is 2. The van der Waals surface area contributed by atoms with Gasteiger partial charge in [-0.1, -0.05) is 83.5 Å². The molecule has 0 saturated carbocycles. The van der Waals surface area contributed by atoms with Gasteiger partial charge in [-0.15, -0.1) is 0 Å². The predicted octanol–water partition coefficient (Wildman–Crippen LogP) is 4.57. The number of rotatable bonds is 3. The molecule has 0 aromatic carbocycles. The highest BCUT2D eigenvalue weighted by Crippen LogP contribution is 2.39. The predicted molar refractivity (Wildman–Crippen MR) is 101 cm³/mol. The van der Waals surface area contributed by atoms with Gasteiger partial charge in [-0.3, -0.25) is 9.59 Å². The first-order valence-electron chi connectivity index (χ1n) is 7.07. The summed E-state index contributed by atoms with van der Waals surface area (Å²) in [5, 5.41) is 0. The van der Waals surface area contributed by atoms with Crippen molar-refractivity contribution in [2.45, 2.75) is 33.9 Å². The Balaban J connectivity index is 3.09. The summed E-state index contributed by atoms with van der Waals surface area (Å²) in [4.78, 5) is 27.8. The molecule has 138 valence electrons. The molecule has 1 aliphatic rings. The van der Waals surface area contributed by atoms with E-state index in [9.17, 15) is 9.59 Å². The fraction of sp³-hybridized carbons (Fsp3) is 0.714. The molecule has 1 heterocycles. The second-order valence-electron chi connectivity index (χ2n) is 5.89. The maximum atomic E-state index is 12.6. The van der Waals surface area contributed by atoms with Crippen molar-refractivity contribution in [1.29, 1.82) is 0 Å². The number of likely N-dealkylation sites (N-methyl/N-ethyl adjacent to an activating group) is 2. The van der Waals surface area contributed by atoms with Crippen LogP contribution in [0.2, 0.25) is 0 Å². The fourth-order valence-electron chi connectivity index (χ4n) is 2.22. The Morgan fingerprint density at radius 2 is 1.54 bits per heavy atom. The normalized spacial score (nSPS) is 24.6. The molecule has 0 unspecified atom stereocenters. The average molecular weight is 459 g/mol. The monoisotopic (exact) mass is 456 g/mol. The summed E-state index contributed by atoms with van der Waals surface area (Å²) < 4.78 is -3.11. The maximum Gasteiger partial charge on any atom is 0.270 e. The molecular weight excluding hydrogens is 441 g/mol. The first kappa shape index (κ1) is 22.5. The standard InChI is InChI=1S/C14H18Cl6N2O2/c1-7(13(15,16)17)5-9-11(23)22(4)10(12(24)21(9)3)6-8(2)14(18,19)20/h5,7-8,10H,6H2,1-4H3/b9-5+/t7-,8+,10+/m0/s1. The summed E-state index contributed by atoms with van der Waals surface area (Å²) >= 11 is 35.1. The van der Waals surface area contributed by atoms with Crippen molar-refractivity contribution in [2.24, 2.45) is 11.8 Å². The second kappa shape index (κ2) is 7.98. The summed E-state index contributed by atoms with van der Waals surface area (Å²) in [6, 6.07) is -0.728. The third-order valence-corrected chi connectivity index (χ3v) is 6.19. The van der Waals surface area contributed by atoms with E-state index in [1.165, 1.54) is 30.0 Å². The van der Waals surface area contributed by atoms with E-state index in [1.807, 2.05) is 0 Å². The molecule has 0 spiro atoms. The van der Waals surface area contributed by atoms with Gasteiger partial charge in [0.15, 0.2) is 7.59 Å². The van der Waals surface area contributed by atoms with Gasteiger partial charge in [-0.05, 0) is 12.5 Å². The zero-order valence-electron chi connectivity index (χ0n) is 13.5. The lowest BCUT2D eigenvalue weighted by atomic mass is 9.97. The van der Waals surface area contributed by atoms with E-state index in [1.54, 1.807) is 13.8 Å². The van der Waals surface area contributed by atoms with Crippen molar-refractivity contribution in [3.63, 3.8) is 0 Å². The van der Waals surface area contributed by atoms with Crippen molar-refractivity contribution in [3.8, 4) is 0 Å². The van der Waals surface area contributed by atoms with Crippen LogP contribution in [0.1, 0.15) is 20.3 Å². The van der Waals surface area contributed by atoms with Crippen molar-refractivity contribution < 1.29 is 9.59 Å². The van der Waals surface area contributed by atoms with Crippen LogP contribution >= 0.6 is 69.6 Å². The van der Waals surface area contributed by atoms with Crippen LogP contribution in [0.5, 0.6) is 0 Å². The smallest absolute Gasteiger partial charge is 0.270 e. The molecule has 0 bridgehead atoms. The zero-order valence-corrected chi connectivity index (χ0v) is 18.0. The number of allylic oxidation sites excluding steroid dienone is 1. The summed E-state index contributed by atoms with van der Waals surface area (Å²) in [6.07, 6.45) is 1.69. The molecule has 1 fully saturated rings. The van der Waals surface area contributed by atoms with Crippen LogP contribution in [0.25, 0.3) is 0 Å². The highest BCUT2D eigenvalue weighted by molar-refractivity contribution is 6.68. The van der Waals surface area contributed by atoms with Crippen LogP contribution in [-0.2, 0) is 9.59 Å². The maximum absolute atomic E-state index is 12.6. The number of halogens is 6. The van der Waals surface area contributed by atoms with Gasteiger partial charge >= 0.3 is 0 Å². The number of carbonyl (C=O) groups excluding carboxylic acids is 2. The first-order valence-corrected chi connectivity index (χ1v) is 9.34. The number of amides is 2. The van der Waals surface area contributed by atoms with E-state index in [0.717, 1.165) is 0 Å². The minimum Gasteiger partial charge on any atom is -0.328 e. The molecule has 4 nitrogen and oxygen atoms in total. The largest absolute Gasteiger partial charge is 0.328 e. The molecule has 24 heavy (non-hydrogen) atoms. The topological polar surface area (TPSA) is 40.6 Å². The lowest BCUT2D eigenvalue weighted by Crippen LogP contribution is -2.56. The summed E-state index contributed by atoms with van der Waals surface area (Å²) in [5.41, 5.74) is 0.152. The van der Waals surface area contributed by atoms with Gasteiger partial charge < -0.3 is 9.80 Å². The zero-order chi connectivity index (χ0) is 19.0. The molecule has 0 aromatic heterocycles. The van der Waals surface area contributed by atoms with E-state index in [-0.39, 0.29) is 23.9 Å². The third kappa shape index (κ3) is 5.21. The minimum atomic E-state index is -1.59. The Labute approximate surface area is 171 Å². The fourth-order valence-corrected chi connectivity index (χ4v) is 2.67. The SMILES string of the molecule is C[C@H](C[C@@H]1C(=O)N(C)/C(=C/[C@H](C)C(Cl)(Cl)Cl)C(=O)N1C)C(Cl)(Cl)Cl. The lowest BCUT2D eigenvalue weighted by molar-refractivity contribution is -0.149. The molecule has 1 rings (SSSR count). The number of carbonyl (C=O) groups is 2. The quantitative estimate of drug-likeness (QED) is 0.459. The minimum absolute atomic E-state index is 0.152. The Bertz CT molecular complexity index is 540. The van der Waals surface area contributed by atoms with Gasteiger partial charge in [0.05, 0.1) is 0 Å². The van der Waals surface area contributed by atoms with Gasteiger partial charge in [0.2, 0.25) is 5.91 Å². The number of hydrogen-bond acceptors (Lipinski definition) is 2. The van der Waals surface area contributed by atoms with Crippen LogP contribution in [-0.4, -0.2) is 49.3 Å². The van der Waals surface area contributed by atoms with E-state index in [4.69, 9.17) is 69.6 Å². The lowest BCUT2D eigenvalue weighted by Gasteiger charge is -2.40. The van der Waals surface area contributed by atoms with E-state index in [2.05, 4.69) is 0 Å². The van der Waals surface area contributed by atoms with Crippen LogP contribution in [0.4, 0.5) is 0 Å². The Morgan fingerprint density at radius 1 is 1.04 bits per heavy atom. The molecule has 0 N–H and O–H groups in total. The van der Waals surface area contributed by atoms with Gasteiger partial charge in [0.25, 0.3) is 5.91 Å². The van der Waals surface area contributed by atoms with Crippen molar-refractivity contribution in [2.75, 3.05) is 14.1 Å². The number of hydrogen-bond donors (Lipinski definition) is 0. The molecular formula is C14H18Cl6N2O2. The summed E-state index contributed by atoms with van der Waals surface area (Å²) in [5.74, 6) is -1.65. The van der Waals surface area contributed by atoms with Crippen molar-refractivity contribution in [3.05, 3.63) is 11.8 Å². The third-order valence-electron chi connectivity index (χ3n) is 4.04. The van der Waals surface area contributed by atoms with Gasteiger partial charge in [0, 0.05) is 25.9 Å². The molecule has 10 heteroatoms. The first-order chi connectivity index (χ1) is 10.7. The highest BCUT2D eigenvalue weighted by atomic mass is 35.6. The Hall–Kier alpha value is 0.420. The van der Waals surface area contributed by atoms with Crippen LogP contribution in [0.15, 0.2) is 11.8 Å². The molecule has 1 aliphatic heterocycles. The average Bonchev–Trinajstić information content (AvgIpc) is 2.43. The molecule has 0 radical (unpaired) electrons. The number of piperazine rings is 1. The van der Waals surface area contributed by atoms with E-state index >= 15 is 0 Å². The molecule has 3 atom stereocenters. The molecule has 1 saturated heterocycles. The van der Waals surface area contributed by atoms with Crippen LogP contribution in [0, 0.1) is 11.8 Å². The molecule has 2 amide bonds. The van der Waals surface area contributed by atoms with Crippen LogP contribution in [0.3, 0.4) is 0 Å². The Kier molecular flexibility index (Phi) is 7.46. The molecule has 0 aliphatic carbocycles. The highest BCUT2D eigenvalue weighted by Gasteiger charge is 2.43. The molecule has 0 aromatic rings.